The normalized spacial score (nSPS) is 26.0. The fourth-order valence-electron chi connectivity index (χ4n) is 4.09. The number of benzene rings is 2. The zero-order valence-electron chi connectivity index (χ0n) is 15.0. The molecule has 1 fully saturated rings. The van der Waals surface area contributed by atoms with Crippen LogP contribution in [-0.4, -0.2) is 25.0 Å². The van der Waals surface area contributed by atoms with Gasteiger partial charge in [0.05, 0.1) is 23.7 Å². The number of hydrogen-bond donors (Lipinski definition) is 3. The molecular weight excluding hydrogens is 366 g/mol. The van der Waals surface area contributed by atoms with Crippen molar-refractivity contribution in [2.45, 2.75) is 24.9 Å². The maximum Gasteiger partial charge on any atom is 0.250 e. The number of amides is 2. The average Bonchev–Trinajstić information content (AvgIpc) is 3.15. The van der Waals surface area contributed by atoms with Crippen molar-refractivity contribution in [2.24, 2.45) is 5.92 Å². The summed E-state index contributed by atoms with van der Waals surface area (Å²) in [6.45, 7) is 1.97. The quantitative estimate of drug-likeness (QED) is 0.758. The molecule has 4 rings (SSSR count). The van der Waals surface area contributed by atoms with Crippen molar-refractivity contribution in [2.75, 3.05) is 17.7 Å². The molecule has 0 unspecified atom stereocenters. The van der Waals surface area contributed by atoms with Crippen LogP contribution in [-0.2, 0) is 15.1 Å². The van der Waals surface area contributed by atoms with Crippen molar-refractivity contribution in [3.8, 4) is 5.75 Å². The molecule has 2 heterocycles. The second-order valence-corrected chi connectivity index (χ2v) is 7.38. The lowest BCUT2D eigenvalue weighted by atomic mass is 9.79. The van der Waals surface area contributed by atoms with Crippen LogP contribution in [0.3, 0.4) is 0 Å². The first-order valence-electron chi connectivity index (χ1n) is 8.78. The summed E-state index contributed by atoms with van der Waals surface area (Å²) in [6.07, 6.45) is 0.543. The number of anilines is 2. The minimum Gasteiger partial charge on any atom is -0.497 e. The third-order valence-electron chi connectivity index (χ3n) is 5.30. The van der Waals surface area contributed by atoms with Gasteiger partial charge in [-0.15, -0.1) is 0 Å². The summed E-state index contributed by atoms with van der Waals surface area (Å²) in [5.74, 6) is -0.307. The van der Waals surface area contributed by atoms with Crippen molar-refractivity contribution in [3.05, 3.63) is 53.1 Å². The number of methoxy groups -OCH3 is 1. The highest BCUT2D eigenvalue weighted by molar-refractivity contribution is 6.35. The Morgan fingerprint density at radius 2 is 2.00 bits per heavy atom. The van der Waals surface area contributed by atoms with Gasteiger partial charge in [0, 0.05) is 17.3 Å². The summed E-state index contributed by atoms with van der Waals surface area (Å²) in [7, 11) is 1.59. The van der Waals surface area contributed by atoms with Gasteiger partial charge in [0.15, 0.2) is 0 Å². The standard InChI is InChI=1S/C20H20ClN3O3/c1-11-10-15(18(25)22-12-6-8-13(27-2)9-7-12)20(24-11)14-4-3-5-16(21)17(14)23-19(20)26/h3-9,11,15,24H,10H2,1-2H3,(H,22,25)(H,23,26)/t11-,15-,20-/m0/s1. The predicted octanol–water partition coefficient (Wildman–Crippen LogP) is 3.13. The van der Waals surface area contributed by atoms with Gasteiger partial charge in [0.25, 0.3) is 0 Å². The molecule has 0 saturated carbocycles. The van der Waals surface area contributed by atoms with Crippen LogP contribution in [0.15, 0.2) is 42.5 Å². The highest BCUT2D eigenvalue weighted by atomic mass is 35.5. The number of hydrogen-bond acceptors (Lipinski definition) is 4. The zero-order valence-corrected chi connectivity index (χ0v) is 15.8. The Morgan fingerprint density at radius 3 is 2.70 bits per heavy atom. The molecule has 0 aromatic heterocycles. The lowest BCUT2D eigenvalue weighted by molar-refractivity contribution is -0.130. The summed E-state index contributed by atoms with van der Waals surface area (Å²) in [5, 5.41) is 9.59. The molecule has 3 N–H and O–H groups in total. The molecule has 0 bridgehead atoms. The molecule has 2 aromatic carbocycles. The molecule has 2 aliphatic heterocycles. The molecule has 7 heteroatoms. The molecule has 2 aromatic rings. The monoisotopic (exact) mass is 385 g/mol. The van der Waals surface area contributed by atoms with E-state index in [1.165, 1.54) is 0 Å². The third kappa shape index (κ3) is 2.76. The molecule has 0 radical (unpaired) electrons. The number of para-hydroxylation sites is 1. The summed E-state index contributed by atoms with van der Waals surface area (Å²) in [4.78, 5) is 26.1. The Hall–Kier alpha value is -2.57. The summed E-state index contributed by atoms with van der Waals surface area (Å²) < 4.78 is 5.14. The van der Waals surface area contributed by atoms with Crippen molar-refractivity contribution >= 4 is 34.8 Å². The van der Waals surface area contributed by atoms with Gasteiger partial charge in [0.2, 0.25) is 11.8 Å². The summed E-state index contributed by atoms with van der Waals surface area (Å²) in [5.41, 5.74) is 0.836. The molecule has 0 aliphatic carbocycles. The minimum absolute atomic E-state index is 0.00676. The first-order chi connectivity index (χ1) is 13.0. The summed E-state index contributed by atoms with van der Waals surface area (Å²) in [6, 6.07) is 12.5. The minimum atomic E-state index is -1.11. The third-order valence-corrected chi connectivity index (χ3v) is 5.61. The number of carbonyl (C=O) groups is 2. The van der Waals surface area contributed by atoms with Crippen LogP contribution in [0, 0.1) is 5.92 Å². The van der Waals surface area contributed by atoms with E-state index in [4.69, 9.17) is 16.3 Å². The van der Waals surface area contributed by atoms with E-state index < -0.39 is 11.5 Å². The number of halogens is 1. The van der Waals surface area contributed by atoms with E-state index in [1.807, 2.05) is 13.0 Å². The van der Waals surface area contributed by atoms with Crippen molar-refractivity contribution in [1.29, 1.82) is 0 Å². The van der Waals surface area contributed by atoms with Gasteiger partial charge < -0.3 is 15.4 Å². The van der Waals surface area contributed by atoms with Gasteiger partial charge in [-0.3, -0.25) is 14.9 Å². The van der Waals surface area contributed by atoms with Gasteiger partial charge in [0.1, 0.15) is 11.3 Å². The fourth-order valence-corrected chi connectivity index (χ4v) is 4.31. The van der Waals surface area contributed by atoms with Gasteiger partial charge in [-0.1, -0.05) is 23.7 Å². The van der Waals surface area contributed by atoms with E-state index in [0.717, 1.165) is 5.56 Å². The number of rotatable bonds is 3. The average molecular weight is 386 g/mol. The maximum absolute atomic E-state index is 13.1. The number of fused-ring (bicyclic) bond motifs is 2. The highest BCUT2D eigenvalue weighted by Gasteiger charge is 2.59. The molecule has 2 aliphatic rings. The summed E-state index contributed by atoms with van der Waals surface area (Å²) >= 11 is 6.26. The molecule has 27 heavy (non-hydrogen) atoms. The Morgan fingerprint density at radius 1 is 1.26 bits per heavy atom. The lowest BCUT2D eigenvalue weighted by Gasteiger charge is -2.29. The van der Waals surface area contributed by atoms with E-state index >= 15 is 0 Å². The van der Waals surface area contributed by atoms with Gasteiger partial charge in [-0.25, -0.2) is 0 Å². The molecule has 2 amide bonds. The largest absolute Gasteiger partial charge is 0.497 e. The first-order valence-corrected chi connectivity index (χ1v) is 9.16. The highest BCUT2D eigenvalue weighted by Crippen LogP contribution is 2.49. The molecule has 1 saturated heterocycles. The van der Waals surface area contributed by atoms with Gasteiger partial charge in [-0.2, -0.15) is 0 Å². The smallest absolute Gasteiger partial charge is 0.250 e. The number of nitrogens with one attached hydrogen (secondary N) is 3. The van der Waals surface area contributed by atoms with E-state index in [9.17, 15) is 9.59 Å². The van der Waals surface area contributed by atoms with Crippen LogP contribution in [0.1, 0.15) is 18.9 Å². The van der Waals surface area contributed by atoms with Crippen molar-refractivity contribution in [1.82, 2.24) is 5.32 Å². The fraction of sp³-hybridized carbons (Fsp3) is 0.300. The Labute approximate surface area is 162 Å². The van der Waals surface area contributed by atoms with Crippen molar-refractivity contribution in [3.63, 3.8) is 0 Å². The topological polar surface area (TPSA) is 79.5 Å². The number of ether oxygens (including phenoxy) is 1. The van der Waals surface area contributed by atoms with Crippen molar-refractivity contribution < 1.29 is 14.3 Å². The SMILES string of the molecule is COc1ccc(NC(=O)[C@@H]2C[C@H](C)N[C@]23C(=O)Nc2c(Cl)cccc23)cc1. The van der Waals surface area contributed by atoms with Crippen LogP contribution >= 0.6 is 11.6 Å². The lowest BCUT2D eigenvalue weighted by Crippen LogP contribution is -2.52. The van der Waals surface area contributed by atoms with E-state index in [-0.39, 0.29) is 17.9 Å². The second kappa shape index (κ2) is 6.55. The van der Waals surface area contributed by atoms with E-state index in [1.54, 1.807) is 43.5 Å². The molecule has 6 nitrogen and oxygen atoms in total. The Balaban J connectivity index is 1.68. The molecule has 3 atom stereocenters. The molecule has 140 valence electrons. The van der Waals surface area contributed by atoms with Crippen LogP contribution in [0.2, 0.25) is 5.02 Å². The van der Waals surface area contributed by atoms with Crippen LogP contribution in [0.25, 0.3) is 0 Å². The zero-order chi connectivity index (χ0) is 19.2. The number of carbonyl (C=O) groups excluding carboxylic acids is 2. The molecule has 1 spiro atoms. The van der Waals surface area contributed by atoms with E-state index in [2.05, 4.69) is 16.0 Å². The predicted molar refractivity (Wildman–Crippen MR) is 104 cm³/mol. The second-order valence-electron chi connectivity index (χ2n) is 6.98. The first kappa shape index (κ1) is 17.8. The van der Waals surface area contributed by atoms with Crippen LogP contribution < -0.4 is 20.7 Å². The Kier molecular flexibility index (Phi) is 4.32. The molecular formula is C20H20ClN3O3. The van der Waals surface area contributed by atoms with Gasteiger partial charge in [-0.05, 0) is 43.7 Å². The maximum atomic E-state index is 13.1. The van der Waals surface area contributed by atoms with Gasteiger partial charge >= 0.3 is 0 Å². The van der Waals surface area contributed by atoms with E-state index in [0.29, 0.717) is 28.6 Å². The Bertz CT molecular complexity index is 915. The van der Waals surface area contributed by atoms with Crippen LogP contribution in [0.5, 0.6) is 5.75 Å². The van der Waals surface area contributed by atoms with Crippen LogP contribution in [0.4, 0.5) is 11.4 Å².